The molecule has 0 radical (unpaired) electrons. The molecule has 0 unspecified atom stereocenters. The van der Waals surface area contributed by atoms with Crippen molar-refractivity contribution in [3.8, 4) is 0 Å². The molecule has 1 saturated heterocycles. The van der Waals surface area contributed by atoms with E-state index in [0.717, 1.165) is 25.7 Å². The fraction of sp³-hybridized carbons (Fsp3) is 0.810. The first-order valence-corrected chi connectivity index (χ1v) is 9.81. The quantitative estimate of drug-likeness (QED) is 0.354. The van der Waals surface area contributed by atoms with Gasteiger partial charge in [-0.2, -0.15) is 0 Å². The molecule has 0 aromatic rings. The van der Waals surface area contributed by atoms with Crippen molar-refractivity contribution in [2.24, 2.45) is 0 Å². The van der Waals surface area contributed by atoms with E-state index in [2.05, 4.69) is 13.5 Å². The summed E-state index contributed by atoms with van der Waals surface area (Å²) >= 11 is 0. The van der Waals surface area contributed by atoms with Crippen LogP contribution in [0.4, 0.5) is 0 Å². The molecule has 3 atom stereocenters. The van der Waals surface area contributed by atoms with Crippen LogP contribution in [0, 0.1) is 0 Å². The Kier molecular flexibility index (Phi) is 10.6. The maximum absolute atomic E-state index is 10.0. The minimum absolute atomic E-state index is 0.0512. The molecule has 0 saturated carbocycles. The van der Waals surface area contributed by atoms with E-state index in [4.69, 9.17) is 9.47 Å². The molecule has 0 spiro atoms. The highest BCUT2D eigenvalue weighted by Gasteiger charge is 2.39. The molecular formula is C21H38O3. The highest BCUT2D eigenvalue weighted by Crippen LogP contribution is 2.32. The van der Waals surface area contributed by atoms with E-state index in [-0.39, 0.29) is 12.2 Å². The Hall–Kier alpha value is -0.640. The highest BCUT2D eigenvalue weighted by molar-refractivity contribution is 5.00. The SMILES string of the molecule is C=CCCC[C@@H](O)/C=C/[C@H]1OC(C)(C)O[C@@H]1CCCCCCCC. The number of rotatable bonds is 13. The average molecular weight is 339 g/mol. The van der Waals surface area contributed by atoms with Gasteiger partial charge in [0, 0.05) is 0 Å². The summed E-state index contributed by atoms with van der Waals surface area (Å²) in [5, 5.41) is 10.0. The summed E-state index contributed by atoms with van der Waals surface area (Å²) < 4.78 is 12.0. The molecule has 1 rings (SSSR count). The van der Waals surface area contributed by atoms with Crippen molar-refractivity contribution in [1.29, 1.82) is 0 Å². The smallest absolute Gasteiger partial charge is 0.164 e. The molecule has 140 valence electrons. The lowest BCUT2D eigenvalue weighted by Crippen LogP contribution is -2.21. The maximum atomic E-state index is 10.0. The van der Waals surface area contributed by atoms with Crippen LogP contribution in [0.15, 0.2) is 24.8 Å². The van der Waals surface area contributed by atoms with Gasteiger partial charge in [0.25, 0.3) is 0 Å². The third-order valence-corrected chi connectivity index (χ3v) is 4.49. The Balaban J connectivity index is 2.37. The van der Waals surface area contributed by atoms with Crippen LogP contribution in [0.3, 0.4) is 0 Å². The summed E-state index contributed by atoms with van der Waals surface area (Å²) in [7, 11) is 0. The minimum atomic E-state index is -0.532. The van der Waals surface area contributed by atoms with Gasteiger partial charge in [0.2, 0.25) is 0 Å². The van der Waals surface area contributed by atoms with Crippen molar-refractivity contribution in [2.45, 2.75) is 109 Å². The first-order valence-electron chi connectivity index (χ1n) is 9.81. The lowest BCUT2D eigenvalue weighted by molar-refractivity contribution is -0.143. The van der Waals surface area contributed by atoms with Crippen molar-refractivity contribution in [1.82, 2.24) is 0 Å². The van der Waals surface area contributed by atoms with Crippen LogP contribution >= 0.6 is 0 Å². The summed E-state index contributed by atoms with van der Waals surface area (Å²) in [5.41, 5.74) is 0. The Labute approximate surface area is 149 Å². The number of ether oxygens (including phenoxy) is 2. The summed E-state index contributed by atoms with van der Waals surface area (Å²) in [6.07, 6.45) is 16.8. The lowest BCUT2D eigenvalue weighted by atomic mass is 10.0. The molecule has 1 N–H and O–H groups in total. The van der Waals surface area contributed by atoms with Gasteiger partial charge in [-0.15, -0.1) is 6.58 Å². The third-order valence-electron chi connectivity index (χ3n) is 4.49. The van der Waals surface area contributed by atoms with Crippen LogP contribution in [0.1, 0.15) is 85.0 Å². The molecule has 1 aliphatic rings. The maximum Gasteiger partial charge on any atom is 0.164 e. The summed E-state index contributed by atoms with van der Waals surface area (Å²) in [6.45, 7) is 9.89. The second-order valence-corrected chi connectivity index (χ2v) is 7.37. The number of hydrogen-bond donors (Lipinski definition) is 1. The second kappa shape index (κ2) is 11.8. The van der Waals surface area contributed by atoms with E-state index >= 15 is 0 Å². The van der Waals surface area contributed by atoms with E-state index in [1.165, 1.54) is 38.5 Å². The van der Waals surface area contributed by atoms with Crippen molar-refractivity contribution in [3.05, 3.63) is 24.8 Å². The summed E-state index contributed by atoms with van der Waals surface area (Å²) in [5.74, 6) is -0.532. The first kappa shape index (κ1) is 21.4. The Morgan fingerprint density at radius 1 is 1.08 bits per heavy atom. The zero-order chi connectivity index (χ0) is 17.8. The average Bonchev–Trinajstić information content (AvgIpc) is 2.83. The Morgan fingerprint density at radius 2 is 1.79 bits per heavy atom. The van der Waals surface area contributed by atoms with Gasteiger partial charge < -0.3 is 14.6 Å². The largest absolute Gasteiger partial charge is 0.389 e. The number of aliphatic hydroxyl groups is 1. The van der Waals surface area contributed by atoms with E-state index in [0.29, 0.717) is 0 Å². The van der Waals surface area contributed by atoms with Gasteiger partial charge in [-0.05, 0) is 39.5 Å². The fourth-order valence-electron chi connectivity index (χ4n) is 3.18. The lowest BCUT2D eigenvalue weighted by Gasteiger charge is -2.16. The molecule has 1 heterocycles. The summed E-state index contributed by atoms with van der Waals surface area (Å²) in [6, 6.07) is 0. The van der Waals surface area contributed by atoms with Crippen LogP contribution in [0.5, 0.6) is 0 Å². The van der Waals surface area contributed by atoms with Gasteiger partial charge in [-0.1, -0.05) is 63.7 Å². The molecule has 0 bridgehead atoms. The van der Waals surface area contributed by atoms with Gasteiger partial charge >= 0.3 is 0 Å². The highest BCUT2D eigenvalue weighted by atomic mass is 16.7. The van der Waals surface area contributed by atoms with Crippen molar-refractivity contribution < 1.29 is 14.6 Å². The van der Waals surface area contributed by atoms with Crippen LogP contribution < -0.4 is 0 Å². The van der Waals surface area contributed by atoms with Crippen LogP contribution in [0.2, 0.25) is 0 Å². The molecule has 1 aliphatic heterocycles. The predicted octanol–water partition coefficient (Wildman–Crippen LogP) is 5.53. The molecule has 0 aromatic carbocycles. The molecule has 3 nitrogen and oxygen atoms in total. The third kappa shape index (κ3) is 9.00. The van der Waals surface area contributed by atoms with Gasteiger partial charge in [-0.25, -0.2) is 0 Å². The van der Waals surface area contributed by atoms with Gasteiger partial charge in [0.1, 0.15) is 6.10 Å². The molecule has 3 heteroatoms. The van der Waals surface area contributed by atoms with Crippen LogP contribution in [-0.2, 0) is 9.47 Å². The van der Waals surface area contributed by atoms with E-state index in [1.54, 1.807) is 0 Å². The van der Waals surface area contributed by atoms with Crippen LogP contribution in [-0.4, -0.2) is 29.2 Å². The minimum Gasteiger partial charge on any atom is -0.389 e. The van der Waals surface area contributed by atoms with Gasteiger partial charge in [-0.3, -0.25) is 0 Å². The second-order valence-electron chi connectivity index (χ2n) is 7.37. The molecule has 0 aromatic heterocycles. The normalized spacial score (nSPS) is 24.5. The summed E-state index contributed by atoms with van der Waals surface area (Å²) in [4.78, 5) is 0. The van der Waals surface area contributed by atoms with E-state index < -0.39 is 11.9 Å². The molecule has 24 heavy (non-hydrogen) atoms. The number of allylic oxidation sites excluding steroid dienone is 1. The number of unbranched alkanes of at least 4 members (excludes halogenated alkanes) is 6. The number of hydrogen-bond acceptors (Lipinski definition) is 3. The number of aliphatic hydroxyl groups excluding tert-OH is 1. The standard InChI is InChI=1S/C21H38O3/c1-5-7-9-10-11-13-15-19-20(24-21(3,4)23-19)17-16-18(22)14-12-8-6-2/h6,16-20,22H,2,5,7-15H2,1,3-4H3/b17-16+/t18-,19-,20-/m1/s1. The van der Waals surface area contributed by atoms with Gasteiger partial charge in [0.15, 0.2) is 5.79 Å². The van der Waals surface area contributed by atoms with Crippen molar-refractivity contribution >= 4 is 0 Å². The topological polar surface area (TPSA) is 38.7 Å². The predicted molar refractivity (Wildman–Crippen MR) is 101 cm³/mol. The van der Waals surface area contributed by atoms with Crippen LogP contribution in [0.25, 0.3) is 0 Å². The van der Waals surface area contributed by atoms with Crippen molar-refractivity contribution in [2.75, 3.05) is 0 Å². The molecule has 0 amide bonds. The van der Waals surface area contributed by atoms with Gasteiger partial charge in [0.05, 0.1) is 12.2 Å². The molecular weight excluding hydrogens is 300 g/mol. The van der Waals surface area contributed by atoms with E-state index in [9.17, 15) is 5.11 Å². The van der Waals surface area contributed by atoms with E-state index in [1.807, 2.05) is 32.1 Å². The fourth-order valence-corrected chi connectivity index (χ4v) is 3.18. The Bertz CT molecular complexity index is 362. The zero-order valence-corrected chi connectivity index (χ0v) is 16.0. The molecule has 0 aliphatic carbocycles. The molecule has 1 fully saturated rings. The monoisotopic (exact) mass is 338 g/mol. The Morgan fingerprint density at radius 3 is 2.50 bits per heavy atom. The zero-order valence-electron chi connectivity index (χ0n) is 16.0. The van der Waals surface area contributed by atoms with Crippen molar-refractivity contribution in [3.63, 3.8) is 0 Å². The first-order chi connectivity index (χ1) is 11.5.